The Balaban J connectivity index is 2.04. The first-order valence-electron chi connectivity index (χ1n) is 5.95. The predicted molar refractivity (Wildman–Crippen MR) is 77.1 cm³/mol. The van der Waals surface area contributed by atoms with Crippen LogP contribution in [0.3, 0.4) is 0 Å². The molecule has 2 rings (SSSR count). The molecule has 1 amide bonds. The lowest BCUT2D eigenvalue weighted by molar-refractivity contribution is -0.113. The fourth-order valence-electron chi connectivity index (χ4n) is 1.60. The molecule has 7 heteroatoms. The monoisotopic (exact) mass is 310 g/mol. The molecule has 0 aliphatic carbocycles. The summed E-state index contributed by atoms with van der Waals surface area (Å²) in [4.78, 5) is 11.9. The molecule has 0 aliphatic heterocycles. The number of nitrogens with one attached hydrogen (secondary N) is 1. The van der Waals surface area contributed by atoms with Gasteiger partial charge in [0, 0.05) is 4.90 Å². The Morgan fingerprint density at radius 3 is 2.52 bits per heavy atom. The van der Waals surface area contributed by atoms with Crippen molar-refractivity contribution in [3.05, 3.63) is 54.1 Å². The predicted octanol–water partition coefficient (Wildman–Crippen LogP) is 2.29. The smallest absolute Gasteiger partial charge is 0.237 e. The average molecular weight is 310 g/mol. The third kappa shape index (κ3) is 3.85. The fourth-order valence-corrected chi connectivity index (χ4v) is 2.53. The van der Waals surface area contributed by atoms with E-state index in [1.54, 1.807) is 6.07 Å². The summed E-state index contributed by atoms with van der Waals surface area (Å²) >= 11 is 0. The van der Waals surface area contributed by atoms with Gasteiger partial charge in [0.2, 0.25) is 5.91 Å². The van der Waals surface area contributed by atoms with Crippen LogP contribution in [0.5, 0.6) is 0 Å². The second-order valence-electron chi connectivity index (χ2n) is 4.20. The number of anilines is 2. The molecule has 0 aliphatic rings. The van der Waals surface area contributed by atoms with Gasteiger partial charge in [-0.05, 0) is 30.3 Å². The summed E-state index contributed by atoms with van der Waals surface area (Å²) in [5.74, 6) is -2.32. The van der Waals surface area contributed by atoms with Crippen molar-refractivity contribution in [1.82, 2.24) is 0 Å². The molecule has 0 fully saturated rings. The van der Waals surface area contributed by atoms with Gasteiger partial charge in [0.25, 0.3) is 0 Å². The van der Waals surface area contributed by atoms with Crippen molar-refractivity contribution in [2.24, 2.45) is 0 Å². The first-order valence-corrected chi connectivity index (χ1v) is 7.27. The molecule has 0 bridgehead atoms. The van der Waals surface area contributed by atoms with Gasteiger partial charge in [-0.25, -0.2) is 8.78 Å². The van der Waals surface area contributed by atoms with Crippen LogP contribution in [0.15, 0.2) is 47.4 Å². The number of halogens is 2. The maximum absolute atomic E-state index is 13.4. The summed E-state index contributed by atoms with van der Waals surface area (Å²) in [6.45, 7) is 0. The highest BCUT2D eigenvalue weighted by molar-refractivity contribution is 7.85. The number of carbonyl (C=O) groups is 1. The van der Waals surface area contributed by atoms with Gasteiger partial charge in [-0.2, -0.15) is 0 Å². The van der Waals surface area contributed by atoms with Gasteiger partial charge >= 0.3 is 0 Å². The maximum Gasteiger partial charge on any atom is 0.237 e. The minimum Gasteiger partial charge on any atom is -0.396 e. The van der Waals surface area contributed by atoms with Gasteiger partial charge in [-0.15, -0.1) is 0 Å². The third-order valence-electron chi connectivity index (χ3n) is 2.64. The molecule has 0 aromatic heterocycles. The second-order valence-corrected chi connectivity index (χ2v) is 5.65. The number of hydrogen-bond acceptors (Lipinski definition) is 3. The van der Waals surface area contributed by atoms with Crippen molar-refractivity contribution in [1.29, 1.82) is 0 Å². The summed E-state index contributed by atoms with van der Waals surface area (Å²) in [6.07, 6.45) is 0. The van der Waals surface area contributed by atoms with Crippen LogP contribution in [-0.4, -0.2) is 15.9 Å². The summed E-state index contributed by atoms with van der Waals surface area (Å²) in [5.41, 5.74) is 5.25. The average Bonchev–Trinajstić information content (AvgIpc) is 2.44. The molecule has 0 heterocycles. The first kappa shape index (κ1) is 15.1. The normalized spacial score (nSPS) is 11.9. The Morgan fingerprint density at radius 2 is 1.86 bits per heavy atom. The lowest BCUT2D eigenvalue weighted by atomic mass is 10.3. The molecule has 110 valence electrons. The van der Waals surface area contributed by atoms with Crippen LogP contribution in [-0.2, 0) is 15.6 Å². The third-order valence-corrected chi connectivity index (χ3v) is 3.95. The number of para-hydroxylation sites is 1. The number of carbonyl (C=O) groups excluding carboxylic acids is 1. The van der Waals surface area contributed by atoms with E-state index in [0.29, 0.717) is 0 Å². The van der Waals surface area contributed by atoms with E-state index >= 15 is 0 Å². The topological polar surface area (TPSA) is 72.2 Å². The van der Waals surface area contributed by atoms with Gasteiger partial charge in [-0.1, -0.05) is 12.1 Å². The Kier molecular flexibility index (Phi) is 4.64. The Bertz CT molecular complexity index is 707. The second kappa shape index (κ2) is 6.45. The van der Waals surface area contributed by atoms with Crippen molar-refractivity contribution in [3.63, 3.8) is 0 Å². The van der Waals surface area contributed by atoms with E-state index in [0.717, 1.165) is 6.07 Å². The molecule has 0 saturated heterocycles. The van der Waals surface area contributed by atoms with E-state index in [2.05, 4.69) is 5.32 Å². The SMILES string of the molecule is Nc1ccc(S(=O)CC(=O)Nc2ccccc2F)cc1F. The Labute approximate surface area is 122 Å². The zero-order valence-electron chi connectivity index (χ0n) is 10.8. The van der Waals surface area contributed by atoms with Crippen LogP contribution in [0.2, 0.25) is 0 Å². The molecule has 0 radical (unpaired) electrons. The summed E-state index contributed by atoms with van der Waals surface area (Å²) in [6, 6.07) is 9.30. The van der Waals surface area contributed by atoms with E-state index in [4.69, 9.17) is 5.73 Å². The van der Waals surface area contributed by atoms with Crippen LogP contribution < -0.4 is 11.1 Å². The zero-order valence-corrected chi connectivity index (χ0v) is 11.6. The lowest BCUT2D eigenvalue weighted by Gasteiger charge is -2.07. The van der Waals surface area contributed by atoms with Crippen LogP contribution in [0, 0.1) is 11.6 Å². The van der Waals surface area contributed by atoms with Gasteiger partial charge < -0.3 is 11.1 Å². The van der Waals surface area contributed by atoms with Crippen molar-refractivity contribution < 1.29 is 17.8 Å². The number of benzene rings is 2. The largest absolute Gasteiger partial charge is 0.396 e. The first-order chi connectivity index (χ1) is 9.97. The molecule has 0 saturated carbocycles. The van der Waals surface area contributed by atoms with Gasteiger partial charge in [0.1, 0.15) is 17.4 Å². The Morgan fingerprint density at radius 1 is 1.14 bits per heavy atom. The molecule has 3 N–H and O–H groups in total. The fraction of sp³-hybridized carbons (Fsp3) is 0.0714. The summed E-state index contributed by atoms with van der Waals surface area (Å²) in [7, 11) is -1.74. The highest BCUT2D eigenvalue weighted by atomic mass is 32.2. The molecule has 1 unspecified atom stereocenters. The van der Waals surface area contributed by atoms with Gasteiger partial charge in [0.15, 0.2) is 0 Å². The highest BCUT2D eigenvalue weighted by Gasteiger charge is 2.13. The van der Waals surface area contributed by atoms with Crippen molar-refractivity contribution in [2.75, 3.05) is 16.8 Å². The molecule has 4 nitrogen and oxygen atoms in total. The van der Waals surface area contributed by atoms with Crippen molar-refractivity contribution in [3.8, 4) is 0 Å². The molecular formula is C14H12F2N2O2S. The van der Waals surface area contributed by atoms with E-state index in [9.17, 15) is 17.8 Å². The van der Waals surface area contributed by atoms with Crippen molar-refractivity contribution in [2.45, 2.75) is 4.90 Å². The minimum absolute atomic E-state index is 0.00277. The van der Waals surface area contributed by atoms with Crippen LogP contribution in [0.4, 0.5) is 20.2 Å². The van der Waals surface area contributed by atoms with E-state index < -0.39 is 34.1 Å². The van der Waals surface area contributed by atoms with Crippen molar-refractivity contribution >= 4 is 28.1 Å². The number of amides is 1. The van der Waals surface area contributed by atoms with Gasteiger partial charge in [0.05, 0.1) is 22.2 Å². The molecule has 1 atom stereocenters. The zero-order chi connectivity index (χ0) is 15.4. The number of nitrogens with two attached hydrogens (primary N) is 1. The summed E-state index contributed by atoms with van der Waals surface area (Å²) in [5, 5.41) is 2.31. The molecule has 0 spiro atoms. The molecule has 21 heavy (non-hydrogen) atoms. The van der Waals surface area contributed by atoms with Gasteiger partial charge in [-0.3, -0.25) is 9.00 Å². The van der Waals surface area contributed by atoms with E-state index in [1.165, 1.54) is 30.3 Å². The minimum atomic E-state index is -1.74. The molecular weight excluding hydrogens is 298 g/mol. The Hall–Kier alpha value is -2.28. The lowest BCUT2D eigenvalue weighted by Crippen LogP contribution is -2.20. The standard InChI is InChI=1S/C14H12F2N2O2S/c15-10-3-1-2-4-13(10)18-14(19)8-21(20)9-5-6-12(17)11(16)7-9/h1-7H,8,17H2,(H,18,19). The van der Waals surface area contributed by atoms with E-state index in [-0.39, 0.29) is 16.3 Å². The van der Waals surface area contributed by atoms with Crippen LogP contribution in [0.1, 0.15) is 0 Å². The molecule has 2 aromatic carbocycles. The maximum atomic E-state index is 13.4. The quantitative estimate of drug-likeness (QED) is 0.851. The number of rotatable bonds is 4. The number of nitrogen functional groups attached to an aromatic ring is 1. The number of hydrogen-bond donors (Lipinski definition) is 2. The van der Waals surface area contributed by atoms with Crippen LogP contribution >= 0.6 is 0 Å². The highest BCUT2D eigenvalue weighted by Crippen LogP contribution is 2.16. The summed E-state index contributed by atoms with van der Waals surface area (Å²) < 4.78 is 38.6. The van der Waals surface area contributed by atoms with Crippen LogP contribution in [0.25, 0.3) is 0 Å². The molecule has 2 aromatic rings. The van der Waals surface area contributed by atoms with E-state index in [1.807, 2.05) is 0 Å².